The molecule has 0 amide bonds. The van der Waals surface area contributed by atoms with Gasteiger partial charge in [0.2, 0.25) is 5.96 Å². The lowest BCUT2D eigenvalue weighted by Gasteiger charge is -2.15. The quantitative estimate of drug-likeness (QED) is 0.221. The molecular weight excluding hydrogens is 272 g/mol. The Kier molecular flexibility index (Phi) is 8.00. The highest BCUT2D eigenvalue weighted by Gasteiger charge is 2.08. The molecule has 0 aliphatic carbocycles. The predicted octanol–water partition coefficient (Wildman–Crippen LogP) is 1.36. The Morgan fingerprint density at radius 1 is 1.24 bits per heavy atom. The van der Waals surface area contributed by atoms with Crippen molar-refractivity contribution in [3.63, 3.8) is 0 Å². The van der Waals surface area contributed by atoms with Crippen LogP contribution in [0.2, 0.25) is 0 Å². The fraction of sp³-hybridized carbons (Fsp3) is 0.500. The minimum absolute atomic E-state index is 0.432. The van der Waals surface area contributed by atoms with Gasteiger partial charge in [-0.15, -0.1) is 0 Å². The number of hydrogen-bond donors (Lipinski definition) is 3. The number of rotatable bonds is 8. The molecular formula is C14H24N4O3. The number of ether oxygens (including phenoxy) is 3. The number of anilines is 1. The highest BCUT2D eigenvalue weighted by molar-refractivity contribution is 5.94. The van der Waals surface area contributed by atoms with Gasteiger partial charge in [0.25, 0.3) is 0 Å². The van der Waals surface area contributed by atoms with Crippen molar-refractivity contribution in [2.75, 3.05) is 38.8 Å². The van der Waals surface area contributed by atoms with Crippen LogP contribution in [0.15, 0.2) is 23.2 Å². The Bertz CT molecular complexity index is 452. The molecule has 0 bridgehead atoms. The summed E-state index contributed by atoms with van der Waals surface area (Å²) in [5.74, 6) is 7.35. The van der Waals surface area contributed by atoms with Crippen LogP contribution in [-0.4, -0.2) is 39.4 Å². The van der Waals surface area contributed by atoms with Crippen LogP contribution in [0.3, 0.4) is 0 Å². The van der Waals surface area contributed by atoms with E-state index in [9.17, 15) is 0 Å². The van der Waals surface area contributed by atoms with Crippen molar-refractivity contribution in [3.05, 3.63) is 18.2 Å². The molecule has 0 saturated heterocycles. The number of aliphatic imine (C=N–C) groups is 1. The van der Waals surface area contributed by atoms with E-state index in [0.29, 0.717) is 38.1 Å². The molecule has 1 rings (SSSR count). The summed E-state index contributed by atoms with van der Waals surface area (Å²) in [6.45, 7) is 6.03. The number of guanidine groups is 1. The number of benzene rings is 1. The van der Waals surface area contributed by atoms with Crippen molar-refractivity contribution in [1.29, 1.82) is 0 Å². The van der Waals surface area contributed by atoms with Crippen molar-refractivity contribution < 1.29 is 14.2 Å². The SMILES string of the molecule is CCOc1ccc(OCC)c(NC(=NCCOC)NN)c1. The van der Waals surface area contributed by atoms with Gasteiger partial charge < -0.3 is 19.5 Å². The van der Waals surface area contributed by atoms with E-state index in [4.69, 9.17) is 20.1 Å². The Hall–Kier alpha value is -1.99. The van der Waals surface area contributed by atoms with Gasteiger partial charge in [-0.05, 0) is 26.0 Å². The molecule has 0 aliphatic rings. The number of nitrogens with one attached hydrogen (secondary N) is 2. The lowest BCUT2D eigenvalue weighted by molar-refractivity contribution is 0.208. The molecule has 7 heteroatoms. The Morgan fingerprint density at radius 3 is 2.62 bits per heavy atom. The third kappa shape index (κ3) is 5.88. The maximum Gasteiger partial charge on any atom is 0.210 e. The first kappa shape index (κ1) is 17.1. The lowest BCUT2D eigenvalue weighted by Crippen LogP contribution is -2.36. The number of hydrogen-bond acceptors (Lipinski definition) is 5. The normalized spacial score (nSPS) is 11.1. The van der Waals surface area contributed by atoms with Gasteiger partial charge in [-0.1, -0.05) is 0 Å². The van der Waals surface area contributed by atoms with E-state index in [1.54, 1.807) is 7.11 Å². The number of nitrogens with zero attached hydrogens (tertiary/aromatic N) is 1. The van der Waals surface area contributed by atoms with E-state index in [0.717, 1.165) is 11.4 Å². The van der Waals surface area contributed by atoms with Crippen LogP contribution in [0.25, 0.3) is 0 Å². The lowest BCUT2D eigenvalue weighted by atomic mass is 10.2. The zero-order valence-electron chi connectivity index (χ0n) is 12.8. The van der Waals surface area contributed by atoms with Gasteiger partial charge in [0.05, 0.1) is 32.1 Å². The summed E-state index contributed by atoms with van der Waals surface area (Å²) in [5.41, 5.74) is 3.25. The number of nitrogens with two attached hydrogens (primary N) is 1. The van der Waals surface area contributed by atoms with Gasteiger partial charge in [0.15, 0.2) is 0 Å². The summed E-state index contributed by atoms with van der Waals surface area (Å²) in [6.07, 6.45) is 0. The van der Waals surface area contributed by atoms with Gasteiger partial charge in [-0.25, -0.2) is 10.8 Å². The Balaban J connectivity index is 2.90. The maximum absolute atomic E-state index is 5.57. The van der Waals surface area contributed by atoms with Crippen molar-refractivity contribution in [2.24, 2.45) is 10.8 Å². The molecule has 21 heavy (non-hydrogen) atoms. The van der Waals surface area contributed by atoms with Crippen molar-refractivity contribution in [2.45, 2.75) is 13.8 Å². The van der Waals surface area contributed by atoms with Crippen LogP contribution in [0, 0.1) is 0 Å². The Morgan fingerprint density at radius 2 is 2.00 bits per heavy atom. The fourth-order valence-corrected chi connectivity index (χ4v) is 1.64. The maximum atomic E-state index is 5.57. The second kappa shape index (κ2) is 9.84. The molecule has 1 aromatic rings. The topological polar surface area (TPSA) is 90.1 Å². The monoisotopic (exact) mass is 296 g/mol. The second-order valence-corrected chi connectivity index (χ2v) is 4.02. The number of hydrazine groups is 1. The minimum Gasteiger partial charge on any atom is -0.494 e. The average molecular weight is 296 g/mol. The highest BCUT2D eigenvalue weighted by Crippen LogP contribution is 2.29. The summed E-state index contributed by atoms with van der Waals surface area (Å²) >= 11 is 0. The molecule has 7 nitrogen and oxygen atoms in total. The first-order valence-corrected chi connectivity index (χ1v) is 6.91. The smallest absolute Gasteiger partial charge is 0.210 e. The van der Waals surface area contributed by atoms with E-state index >= 15 is 0 Å². The third-order valence-electron chi connectivity index (χ3n) is 2.52. The molecule has 118 valence electrons. The van der Waals surface area contributed by atoms with Crippen LogP contribution in [0.1, 0.15) is 13.8 Å². The van der Waals surface area contributed by atoms with E-state index in [-0.39, 0.29) is 0 Å². The van der Waals surface area contributed by atoms with Gasteiger partial charge in [-0.3, -0.25) is 5.43 Å². The molecule has 0 aliphatic heterocycles. The molecule has 0 radical (unpaired) electrons. The summed E-state index contributed by atoms with van der Waals surface area (Å²) in [4.78, 5) is 4.25. The van der Waals surface area contributed by atoms with Crippen molar-refractivity contribution in [3.8, 4) is 11.5 Å². The first-order chi connectivity index (χ1) is 10.2. The van der Waals surface area contributed by atoms with Gasteiger partial charge in [-0.2, -0.15) is 0 Å². The van der Waals surface area contributed by atoms with Crippen LogP contribution in [-0.2, 0) is 4.74 Å². The van der Waals surface area contributed by atoms with Crippen molar-refractivity contribution in [1.82, 2.24) is 5.43 Å². The molecule has 0 unspecified atom stereocenters. The van der Waals surface area contributed by atoms with E-state index in [1.165, 1.54) is 0 Å². The predicted molar refractivity (Wildman–Crippen MR) is 83.9 cm³/mol. The molecule has 4 N–H and O–H groups in total. The second-order valence-electron chi connectivity index (χ2n) is 4.02. The van der Waals surface area contributed by atoms with Crippen LogP contribution >= 0.6 is 0 Å². The summed E-state index contributed by atoms with van der Waals surface area (Å²) in [5, 5.41) is 3.09. The summed E-state index contributed by atoms with van der Waals surface area (Å²) in [6, 6.07) is 5.55. The third-order valence-corrected chi connectivity index (χ3v) is 2.52. The fourth-order valence-electron chi connectivity index (χ4n) is 1.64. The minimum atomic E-state index is 0.432. The standard InChI is InChI=1S/C14H24N4O3/c1-4-20-11-6-7-13(21-5-2)12(10-11)17-14(18-15)16-8-9-19-3/h6-7,10H,4-5,8-9,15H2,1-3H3,(H2,16,17,18). The summed E-state index contributed by atoms with van der Waals surface area (Å²) in [7, 11) is 1.62. The molecule has 0 saturated carbocycles. The van der Waals surface area contributed by atoms with Crippen LogP contribution in [0.5, 0.6) is 11.5 Å². The molecule has 0 aromatic heterocycles. The highest BCUT2D eigenvalue weighted by atomic mass is 16.5. The average Bonchev–Trinajstić information content (AvgIpc) is 2.49. The van der Waals surface area contributed by atoms with Crippen molar-refractivity contribution >= 4 is 11.6 Å². The van der Waals surface area contributed by atoms with Crippen LogP contribution in [0.4, 0.5) is 5.69 Å². The van der Waals surface area contributed by atoms with Crippen LogP contribution < -0.4 is 26.1 Å². The molecule has 0 heterocycles. The first-order valence-electron chi connectivity index (χ1n) is 6.91. The summed E-state index contributed by atoms with van der Waals surface area (Å²) < 4.78 is 16.0. The zero-order chi connectivity index (χ0) is 15.5. The zero-order valence-corrected chi connectivity index (χ0v) is 12.8. The van der Waals surface area contributed by atoms with E-state index in [1.807, 2.05) is 32.0 Å². The number of methoxy groups -OCH3 is 1. The van der Waals surface area contributed by atoms with E-state index < -0.39 is 0 Å². The van der Waals surface area contributed by atoms with E-state index in [2.05, 4.69) is 15.7 Å². The Labute approximate surface area is 125 Å². The van der Waals surface area contributed by atoms with Gasteiger partial charge in [0, 0.05) is 13.2 Å². The molecule has 0 fully saturated rings. The van der Waals surface area contributed by atoms with Gasteiger partial charge >= 0.3 is 0 Å². The largest absolute Gasteiger partial charge is 0.494 e. The molecule has 0 spiro atoms. The van der Waals surface area contributed by atoms with Gasteiger partial charge in [0.1, 0.15) is 11.5 Å². The molecule has 1 aromatic carbocycles. The molecule has 0 atom stereocenters.